The lowest BCUT2D eigenvalue weighted by Gasteiger charge is -2.52. The molecule has 1 saturated carbocycles. The minimum absolute atomic E-state index is 0.255. The van der Waals surface area contributed by atoms with E-state index >= 15 is 0 Å². The van der Waals surface area contributed by atoms with Crippen molar-refractivity contribution in [1.29, 1.82) is 0 Å². The molecule has 0 radical (unpaired) electrons. The van der Waals surface area contributed by atoms with Crippen molar-refractivity contribution >= 4 is 0 Å². The van der Waals surface area contributed by atoms with Gasteiger partial charge in [-0.3, -0.25) is 9.58 Å². The number of hydrogen-bond acceptors (Lipinski definition) is 3. The minimum Gasteiger partial charge on any atom is -0.308 e. The number of aromatic nitrogens is 2. The largest absolute Gasteiger partial charge is 0.308 e. The van der Waals surface area contributed by atoms with Gasteiger partial charge in [-0.05, 0) is 32.3 Å². The van der Waals surface area contributed by atoms with Crippen LogP contribution in [0.1, 0.15) is 51.6 Å². The van der Waals surface area contributed by atoms with Crippen LogP contribution in [0.25, 0.3) is 0 Å². The summed E-state index contributed by atoms with van der Waals surface area (Å²) in [6.45, 7) is 7.96. The van der Waals surface area contributed by atoms with E-state index in [1.807, 2.05) is 17.9 Å². The smallest absolute Gasteiger partial charge is 0.0764 e. The van der Waals surface area contributed by atoms with E-state index in [4.69, 9.17) is 0 Å². The Balaban J connectivity index is 1.78. The molecule has 1 spiro atoms. The van der Waals surface area contributed by atoms with Gasteiger partial charge in [-0.2, -0.15) is 5.10 Å². The SMILES string of the molecule is CCC1(C)CNC2(CCCC2)CN1Cc1ccn(C)n1. The van der Waals surface area contributed by atoms with Gasteiger partial charge in [0, 0.05) is 44.0 Å². The molecular formula is C16H28N4. The fourth-order valence-electron chi connectivity index (χ4n) is 3.83. The first-order chi connectivity index (χ1) is 9.55. The summed E-state index contributed by atoms with van der Waals surface area (Å²) < 4.78 is 1.91. The molecule has 4 heteroatoms. The lowest BCUT2D eigenvalue weighted by atomic mass is 9.85. The van der Waals surface area contributed by atoms with Crippen LogP contribution in [-0.2, 0) is 13.6 Å². The molecule has 1 aliphatic carbocycles. The second-order valence-corrected chi connectivity index (χ2v) is 7.03. The predicted molar refractivity (Wildman–Crippen MR) is 81.5 cm³/mol. The second kappa shape index (κ2) is 5.15. The molecular weight excluding hydrogens is 248 g/mol. The third-order valence-electron chi connectivity index (χ3n) is 5.55. The van der Waals surface area contributed by atoms with Gasteiger partial charge in [0.25, 0.3) is 0 Å². The van der Waals surface area contributed by atoms with Gasteiger partial charge in [-0.1, -0.05) is 19.8 Å². The molecule has 2 aliphatic rings. The maximum absolute atomic E-state index is 4.57. The highest BCUT2D eigenvalue weighted by Gasteiger charge is 2.45. The van der Waals surface area contributed by atoms with Gasteiger partial charge in [0.2, 0.25) is 0 Å². The van der Waals surface area contributed by atoms with Crippen LogP contribution < -0.4 is 5.32 Å². The van der Waals surface area contributed by atoms with Crippen LogP contribution >= 0.6 is 0 Å². The third-order valence-corrected chi connectivity index (χ3v) is 5.55. The van der Waals surface area contributed by atoms with E-state index in [0.717, 1.165) is 13.1 Å². The highest BCUT2D eigenvalue weighted by atomic mass is 15.3. The maximum Gasteiger partial charge on any atom is 0.0764 e. The zero-order chi connectivity index (χ0) is 14.2. The van der Waals surface area contributed by atoms with Crippen molar-refractivity contribution < 1.29 is 0 Å². The van der Waals surface area contributed by atoms with Crippen molar-refractivity contribution in [1.82, 2.24) is 20.0 Å². The normalized spacial score (nSPS) is 30.1. The molecule has 112 valence electrons. The number of nitrogens with one attached hydrogen (secondary N) is 1. The molecule has 2 fully saturated rings. The molecule has 0 bridgehead atoms. The van der Waals surface area contributed by atoms with Gasteiger partial charge in [-0.25, -0.2) is 0 Å². The lowest BCUT2D eigenvalue weighted by molar-refractivity contribution is 0.00682. The first kappa shape index (κ1) is 14.1. The summed E-state index contributed by atoms with van der Waals surface area (Å²) in [7, 11) is 2.00. The van der Waals surface area contributed by atoms with Crippen molar-refractivity contribution in [3.63, 3.8) is 0 Å². The number of aryl methyl sites for hydroxylation is 1. The van der Waals surface area contributed by atoms with Crippen molar-refractivity contribution in [2.24, 2.45) is 7.05 Å². The molecule has 1 aromatic heterocycles. The average molecular weight is 276 g/mol. The Kier molecular flexibility index (Phi) is 3.63. The monoisotopic (exact) mass is 276 g/mol. The van der Waals surface area contributed by atoms with Gasteiger partial charge < -0.3 is 5.32 Å². The molecule has 4 nitrogen and oxygen atoms in total. The zero-order valence-corrected chi connectivity index (χ0v) is 13.2. The Bertz CT molecular complexity index is 461. The van der Waals surface area contributed by atoms with Crippen molar-refractivity contribution in [3.05, 3.63) is 18.0 Å². The summed E-state index contributed by atoms with van der Waals surface area (Å²) in [4.78, 5) is 2.68. The van der Waals surface area contributed by atoms with E-state index in [1.165, 1.54) is 44.3 Å². The summed E-state index contributed by atoms with van der Waals surface area (Å²) in [5.74, 6) is 0. The second-order valence-electron chi connectivity index (χ2n) is 7.03. The van der Waals surface area contributed by atoms with Crippen molar-refractivity contribution in [3.8, 4) is 0 Å². The Hall–Kier alpha value is -0.870. The van der Waals surface area contributed by atoms with E-state index in [9.17, 15) is 0 Å². The molecule has 20 heavy (non-hydrogen) atoms. The summed E-state index contributed by atoms with van der Waals surface area (Å²) >= 11 is 0. The van der Waals surface area contributed by atoms with Gasteiger partial charge in [0.1, 0.15) is 0 Å². The molecule has 0 amide bonds. The summed E-state index contributed by atoms with van der Waals surface area (Å²) in [6.07, 6.45) is 8.67. The topological polar surface area (TPSA) is 33.1 Å². The molecule has 1 aliphatic heterocycles. The van der Waals surface area contributed by atoms with E-state index in [1.54, 1.807) is 0 Å². The molecule has 1 unspecified atom stereocenters. The Labute approximate surface area is 122 Å². The summed E-state index contributed by atoms with van der Waals surface area (Å²) in [5, 5.41) is 8.46. The van der Waals surface area contributed by atoms with Gasteiger partial charge >= 0.3 is 0 Å². The minimum atomic E-state index is 0.255. The molecule has 1 saturated heterocycles. The zero-order valence-electron chi connectivity index (χ0n) is 13.2. The summed E-state index contributed by atoms with van der Waals surface area (Å²) in [6, 6.07) is 2.15. The van der Waals surface area contributed by atoms with Crippen LogP contribution in [0.5, 0.6) is 0 Å². The van der Waals surface area contributed by atoms with Crippen LogP contribution in [0.3, 0.4) is 0 Å². The van der Waals surface area contributed by atoms with Crippen LogP contribution in [0.4, 0.5) is 0 Å². The van der Waals surface area contributed by atoms with Crippen molar-refractivity contribution in [2.45, 2.75) is 63.6 Å². The third kappa shape index (κ3) is 2.51. The maximum atomic E-state index is 4.57. The van der Waals surface area contributed by atoms with Crippen LogP contribution in [0, 0.1) is 0 Å². The Morgan fingerprint density at radius 1 is 1.35 bits per heavy atom. The molecule has 1 atom stereocenters. The first-order valence-electron chi connectivity index (χ1n) is 8.04. The Morgan fingerprint density at radius 2 is 2.10 bits per heavy atom. The summed E-state index contributed by atoms with van der Waals surface area (Å²) in [5.41, 5.74) is 1.83. The predicted octanol–water partition coefficient (Wildman–Crippen LogP) is 2.31. The van der Waals surface area contributed by atoms with Crippen LogP contribution in [-0.4, -0.2) is 38.8 Å². The molecule has 1 aromatic rings. The van der Waals surface area contributed by atoms with Crippen LogP contribution in [0.15, 0.2) is 12.3 Å². The van der Waals surface area contributed by atoms with E-state index in [-0.39, 0.29) is 5.54 Å². The van der Waals surface area contributed by atoms with Crippen molar-refractivity contribution in [2.75, 3.05) is 13.1 Å². The molecule has 2 heterocycles. The number of hydrogen-bond donors (Lipinski definition) is 1. The van der Waals surface area contributed by atoms with E-state index in [0.29, 0.717) is 5.54 Å². The lowest BCUT2D eigenvalue weighted by Crippen LogP contribution is -2.67. The molecule has 0 aromatic carbocycles. The first-order valence-corrected chi connectivity index (χ1v) is 8.04. The number of nitrogens with zero attached hydrogens (tertiary/aromatic N) is 3. The quantitative estimate of drug-likeness (QED) is 0.919. The van der Waals surface area contributed by atoms with E-state index in [2.05, 4.69) is 35.2 Å². The number of piperazine rings is 1. The fraction of sp³-hybridized carbons (Fsp3) is 0.812. The molecule has 3 rings (SSSR count). The van der Waals surface area contributed by atoms with E-state index < -0.39 is 0 Å². The van der Waals surface area contributed by atoms with Gasteiger partial charge in [0.05, 0.1) is 5.69 Å². The fourth-order valence-corrected chi connectivity index (χ4v) is 3.83. The van der Waals surface area contributed by atoms with Crippen LogP contribution in [0.2, 0.25) is 0 Å². The van der Waals surface area contributed by atoms with Gasteiger partial charge in [0.15, 0.2) is 0 Å². The van der Waals surface area contributed by atoms with Gasteiger partial charge in [-0.15, -0.1) is 0 Å². The molecule has 1 N–H and O–H groups in total. The number of rotatable bonds is 3. The Morgan fingerprint density at radius 3 is 2.70 bits per heavy atom. The standard InChI is InChI=1S/C16H28N4/c1-4-15(2)12-17-16(8-5-6-9-16)13-20(15)11-14-7-10-19(3)18-14/h7,10,17H,4-6,8-9,11-13H2,1-3H3. The average Bonchev–Trinajstić information content (AvgIpc) is 3.05. The highest BCUT2D eigenvalue weighted by molar-refractivity contribution is 5.08. The highest BCUT2D eigenvalue weighted by Crippen LogP contribution is 2.37.